The van der Waals surface area contributed by atoms with Gasteiger partial charge in [-0.2, -0.15) is 0 Å². The number of benzene rings is 9. The van der Waals surface area contributed by atoms with E-state index in [4.69, 9.17) is 0 Å². The molecule has 2 nitrogen and oxygen atoms in total. The molecule has 0 aliphatic heterocycles. The lowest BCUT2D eigenvalue weighted by Gasteiger charge is -2.12. The van der Waals surface area contributed by atoms with Crippen LogP contribution in [0.4, 0.5) is 0 Å². The van der Waals surface area contributed by atoms with E-state index in [1.54, 1.807) is 0 Å². The van der Waals surface area contributed by atoms with Gasteiger partial charge >= 0.3 is 0 Å². The molecule has 2 heteroatoms. The van der Waals surface area contributed by atoms with Crippen LogP contribution in [0.5, 0.6) is 0 Å². The summed E-state index contributed by atoms with van der Waals surface area (Å²) in [6.07, 6.45) is 0. The van der Waals surface area contributed by atoms with Crippen molar-refractivity contribution < 1.29 is 0 Å². The van der Waals surface area contributed by atoms with Crippen molar-refractivity contribution in [2.24, 2.45) is 0 Å². The predicted molar refractivity (Wildman–Crippen MR) is 228 cm³/mol. The maximum Gasteiger partial charge on any atom is 0.0548 e. The highest BCUT2D eigenvalue weighted by Gasteiger charge is 2.23. The molecule has 1 aliphatic rings. The van der Waals surface area contributed by atoms with Crippen molar-refractivity contribution in [1.82, 2.24) is 9.13 Å². The fourth-order valence-corrected chi connectivity index (χ4v) is 9.22. The van der Waals surface area contributed by atoms with Crippen LogP contribution < -0.4 is 0 Å². The minimum Gasteiger partial charge on any atom is -0.309 e. The van der Waals surface area contributed by atoms with Crippen LogP contribution in [-0.2, 0) is 0 Å². The number of rotatable bonds is 4. The molecule has 11 aromatic rings. The van der Waals surface area contributed by atoms with Crippen LogP contribution >= 0.6 is 0 Å². The fourth-order valence-electron chi connectivity index (χ4n) is 9.22. The number of fused-ring (bicyclic) bond motifs is 9. The van der Waals surface area contributed by atoms with E-state index in [1.807, 2.05) is 0 Å². The van der Waals surface area contributed by atoms with Crippen molar-refractivity contribution in [3.8, 4) is 55.9 Å². The number of nitrogens with zero attached hydrogens (tertiary/aromatic N) is 2. The van der Waals surface area contributed by atoms with Gasteiger partial charge in [-0.25, -0.2) is 0 Å². The van der Waals surface area contributed by atoms with Crippen LogP contribution in [0.25, 0.3) is 110 Å². The zero-order valence-electron chi connectivity index (χ0n) is 29.4. The first-order valence-corrected chi connectivity index (χ1v) is 18.7. The first-order valence-electron chi connectivity index (χ1n) is 18.7. The highest BCUT2D eigenvalue weighted by Crippen LogP contribution is 2.48. The second-order valence-corrected chi connectivity index (χ2v) is 14.5. The van der Waals surface area contributed by atoms with Crippen LogP contribution in [0.15, 0.2) is 194 Å². The molecule has 12 rings (SSSR count). The number of aromatic nitrogens is 2. The lowest BCUT2D eigenvalue weighted by Crippen LogP contribution is -1.95. The molecular formula is C52H32N2. The highest BCUT2D eigenvalue weighted by atomic mass is 15.0. The highest BCUT2D eigenvalue weighted by molar-refractivity contribution is 6.20. The van der Waals surface area contributed by atoms with E-state index in [-0.39, 0.29) is 0 Å². The normalized spacial score (nSPS) is 12.1. The lowest BCUT2D eigenvalue weighted by atomic mass is 10.00. The van der Waals surface area contributed by atoms with E-state index in [0.29, 0.717) is 0 Å². The van der Waals surface area contributed by atoms with Gasteiger partial charge in [-0.1, -0.05) is 146 Å². The van der Waals surface area contributed by atoms with Crippen LogP contribution in [-0.4, -0.2) is 9.13 Å². The Morgan fingerprint density at radius 3 is 1.44 bits per heavy atom. The van der Waals surface area contributed by atoms with Crippen molar-refractivity contribution in [2.75, 3.05) is 0 Å². The molecule has 54 heavy (non-hydrogen) atoms. The maximum atomic E-state index is 2.47. The minimum atomic E-state index is 1.15. The van der Waals surface area contributed by atoms with Crippen LogP contribution in [0.3, 0.4) is 0 Å². The van der Waals surface area contributed by atoms with Crippen molar-refractivity contribution in [3.63, 3.8) is 0 Å². The smallest absolute Gasteiger partial charge is 0.0548 e. The molecule has 0 N–H and O–H groups in total. The summed E-state index contributed by atoms with van der Waals surface area (Å²) < 4.78 is 4.92. The fraction of sp³-hybridized carbons (Fsp3) is 0. The van der Waals surface area contributed by atoms with Gasteiger partial charge in [-0.15, -0.1) is 0 Å². The van der Waals surface area contributed by atoms with Crippen molar-refractivity contribution in [1.29, 1.82) is 0 Å². The number of hydrogen-bond acceptors (Lipinski definition) is 0. The van der Waals surface area contributed by atoms with Gasteiger partial charge in [0.05, 0.1) is 22.1 Å². The number of hydrogen-bond donors (Lipinski definition) is 0. The third-order valence-corrected chi connectivity index (χ3v) is 11.6. The van der Waals surface area contributed by atoms with E-state index in [2.05, 4.69) is 203 Å². The van der Waals surface area contributed by atoms with Gasteiger partial charge < -0.3 is 9.13 Å². The zero-order chi connectivity index (χ0) is 35.3. The molecule has 0 fully saturated rings. The SMILES string of the molecule is c1ccc(-c2ccc(-c3cccc(-n4c5ccccc5c5cc6c(cc54)c4ccccc4n6-c4ccc5c(c4)-c4cccc6cccc-5c46)c3)cc2)cc1. The maximum absolute atomic E-state index is 2.47. The summed E-state index contributed by atoms with van der Waals surface area (Å²) >= 11 is 0. The summed E-state index contributed by atoms with van der Waals surface area (Å²) in [6, 6.07) is 71.5. The average molecular weight is 685 g/mol. The molecule has 0 unspecified atom stereocenters. The van der Waals surface area contributed by atoms with Crippen molar-refractivity contribution in [3.05, 3.63) is 194 Å². The van der Waals surface area contributed by atoms with Gasteiger partial charge in [-0.3, -0.25) is 0 Å². The van der Waals surface area contributed by atoms with E-state index in [0.717, 1.165) is 5.69 Å². The van der Waals surface area contributed by atoms with Crippen LogP contribution in [0, 0.1) is 0 Å². The Bertz CT molecular complexity index is 3300. The third kappa shape index (κ3) is 4.17. The summed E-state index contributed by atoms with van der Waals surface area (Å²) in [5, 5.41) is 7.66. The third-order valence-electron chi connectivity index (χ3n) is 11.6. The Morgan fingerprint density at radius 2 is 0.778 bits per heavy atom. The second kappa shape index (κ2) is 11.2. The van der Waals surface area contributed by atoms with E-state index >= 15 is 0 Å². The molecule has 0 bridgehead atoms. The summed E-state index contributed by atoms with van der Waals surface area (Å²) in [4.78, 5) is 0. The summed E-state index contributed by atoms with van der Waals surface area (Å²) in [6.45, 7) is 0. The molecule has 1 aliphatic carbocycles. The molecule has 2 aromatic heterocycles. The van der Waals surface area contributed by atoms with Gasteiger partial charge in [0, 0.05) is 32.9 Å². The van der Waals surface area contributed by atoms with Crippen LogP contribution in [0.2, 0.25) is 0 Å². The second-order valence-electron chi connectivity index (χ2n) is 14.5. The summed E-state index contributed by atoms with van der Waals surface area (Å²) in [7, 11) is 0. The van der Waals surface area contributed by atoms with E-state index in [9.17, 15) is 0 Å². The Balaban J connectivity index is 1.06. The minimum absolute atomic E-state index is 1.15. The lowest BCUT2D eigenvalue weighted by molar-refractivity contribution is 1.18. The summed E-state index contributed by atoms with van der Waals surface area (Å²) in [5.41, 5.74) is 17.3. The zero-order valence-corrected chi connectivity index (χ0v) is 29.4. The van der Waals surface area contributed by atoms with Gasteiger partial charge in [0.25, 0.3) is 0 Å². The predicted octanol–water partition coefficient (Wildman–Crippen LogP) is 14.0. The Kier molecular flexibility index (Phi) is 6.09. The first-order chi connectivity index (χ1) is 26.8. The molecule has 0 radical (unpaired) electrons. The molecule has 0 saturated carbocycles. The Labute approximate surface area is 312 Å². The largest absolute Gasteiger partial charge is 0.309 e. The molecule has 0 atom stereocenters. The quantitative estimate of drug-likeness (QED) is 0.175. The Morgan fingerprint density at radius 1 is 0.259 bits per heavy atom. The van der Waals surface area contributed by atoms with E-state index in [1.165, 1.54) is 105 Å². The molecule has 0 amide bonds. The van der Waals surface area contributed by atoms with E-state index < -0.39 is 0 Å². The van der Waals surface area contributed by atoms with Gasteiger partial charge in [0.1, 0.15) is 0 Å². The molecule has 250 valence electrons. The molecule has 2 heterocycles. The van der Waals surface area contributed by atoms with Crippen molar-refractivity contribution >= 4 is 54.4 Å². The Hall–Kier alpha value is -7.16. The van der Waals surface area contributed by atoms with Crippen molar-refractivity contribution in [2.45, 2.75) is 0 Å². The van der Waals surface area contributed by atoms with Crippen LogP contribution in [0.1, 0.15) is 0 Å². The van der Waals surface area contributed by atoms with Gasteiger partial charge in [-0.05, 0) is 104 Å². The first kappa shape index (κ1) is 29.4. The topological polar surface area (TPSA) is 9.86 Å². The standard InChI is InChI=1S/C52H32N2/c1-2-11-33(12-3-1)34-23-25-35(26-24-34)37-15-8-16-38(29-37)53-48-21-6-4-17-41(48)46-32-51-47(31-50(46)53)42-18-5-7-22-49(42)54(51)39-27-28-40-43-19-9-13-36-14-10-20-44(52(36)43)45(40)30-39/h1-32H. The summed E-state index contributed by atoms with van der Waals surface area (Å²) in [5.74, 6) is 0. The molecule has 0 saturated heterocycles. The molecule has 9 aromatic carbocycles. The van der Waals surface area contributed by atoms with Gasteiger partial charge in [0.2, 0.25) is 0 Å². The van der Waals surface area contributed by atoms with Gasteiger partial charge in [0.15, 0.2) is 0 Å². The monoisotopic (exact) mass is 684 g/mol. The average Bonchev–Trinajstić information content (AvgIpc) is 3.86. The number of para-hydroxylation sites is 2. The molecule has 0 spiro atoms. The molecular weight excluding hydrogens is 653 g/mol.